The number of hydrogen-bond acceptors (Lipinski definition) is 5. The van der Waals surface area contributed by atoms with Crippen molar-refractivity contribution in [2.45, 2.75) is 20.0 Å². The number of amides is 2. The van der Waals surface area contributed by atoms with E-state index >= 15 is 0 Å². The smallest absolute Gasteiger partial charge is 0.282 e. The van der Waals surface area contributed by atoms with E-state index in [4.69, 9.17) is 4.74 Å². The second kappa shape index (κ2) is 8.62. The molecule has 158 valence electrons. The Balaban J connectivity index is 2.07. The fourth-order valence-corrected chi connectivity index (χ4v) is 3.23. The van der Waals surface area contributed by atoms with Gasteiger partial charge in [0, 0.05) is 19.7 Å². The van der Waals surface area contributed by atoms with Crippen molar-refractivity contribution in [3.63, 3.8) is 0 Å². The van der Waals surface area contributed by atoms with E-state index in [9.17, 15) is 23.5 Å². The second-order valence-corrected chi connectivity index (χ2v) is 7.10. The van der Waals surface area contributed by atoms with Gasteiger partial charge in [-0.25, -0.2) is 13.7 Å². The Bertz CT molecular complexity index is 1000. The maximum Gasteiger partial charge on any atom is 0.282 e. The molecule has 30 heavy (non-hydrogen) atoms. The van der Waals surface area contributed by atoms with Crippen LogP contribution in [0.5, 0.6) is 5.75 Å². The summed E-state index contributed by atoms with van der Waals surface area (Å²) in [4.78, 5) is 28.6. The molecule has 0 radical (unpaired) electrons. The largest absolute Gasteiger partial charge is 0.491 e. The van der Waals surface area contributed by atoms with Gasteiger partial charge in [0.1, 0.15) is 11.4 Å². The lowest BCUT2D eigenvalue weighted by atomic mass is 10.0. The molecule has 3 rings (SSSR count). The van der Waals surface area contributed by atoms with Crippen LogP contribution in [0.15, 0.2) is 48.2 Å². The highest BCUT2D eigenvalue weighted by Crippen LogP contribution is 2.35. The van der Waals surface area contributed by atoms with Crippen molar-refractivity contribution in [1.82, 2.24) is 4.90 Å². The van der Waals surface area contributed by atoms with Crippen molar-refractivity contribution in [3.05, 3.63) is 65.4 Å². The molecule has 1 N–H and O–H groups in total. The Morgan fingerprint density at radius 1 is 1.03 bits per heavy atom. The first-order chi connectivity index (χ1) is 14.2. The van der Waals surface area contributed by atoms with Crippen LogP contribution in [0.1, 0.15) is 19.4 Å². The number of benzene rings is 2. The number of hydrogen-bond donors (Lipinski definition) is 1. The maximum atomic E-state index is 13.7. The van der Waals surface area contributed by atoms with Gasteiger partial charge < -0.3 is 14.7 Å². The SMILES string of the molecule is CC(C)Oc1ccc(C2=C(N(C)CCO)C(=O)N(c3ccc(F)c(F)c3)C2=O)cc1. The van der Waals surface area contributed by atoms with E-state index in [1.54, 1.807) is 31.3 Å². The van der Waals surface area contributed by atoms with Gasteiger partial charge in [0.05, 0.1) is 24.0 Å². The highest BCUT2D eigenvalue weighted by atomic mass is 19.2. The predicted octanol–water partition coefficient (Wildman–Crippen LogP) is 2.96. The fourth-order valence-electron chi connectivity index (χ4n) is 3.23. The minimum Gasteiger partial charge on any atom is -0.491 e. The molecule has 0 spiro atoms. The molecule has 1 aliphatic rings. The number of imide groups is 1. The third kappa shape index (κ3) is 4.04. The zero-order chi connectivity index (χ0) is 22.0. The summed E-state index contributed by atoms with van der Waals surface area (Å²) in [6, 6.07) is 9.50. The van der Waals surface area contributed by atoms with Crippen LogP contribution in [0.3, 0.4) is 0 Å². The van der Waals surface area contributed by atoms with E-state index in [1.807, 2.05) is 13.8 Å². The minimum atomic E-state index is -1.16. The van der Waals surface area contributed by atoms with Crippen molar-refractivity contribution < 1.29 is 28.2 Å². The van der Waals surface area contributed by atoms with Crippen molar-refractivity contribution >= 4 is 23.1 Å². The summed E-state index contributed by atoms with van der Waals surface area (Å²) in [6.45, 7) is 3.65. The van der Waals surface area contributed by atoms with Crippen LogP contribution in [0, 0.1) is 11.6 Å². The maximum absolute atomic E-state index is 13.7. The number of aliphatic hydroxyl groups is 1. The molecule has 1 aliphatic heterocycles. The number of rotatable bonds is 7. The first kappa shape index (κ1) is 21.4. The Hall–Kier alpha value is -3.26. The van der Waals surface area contributed by atoms with E-state index in [2.05, 4.69) is 0 Å². The normalized spacial score (nSPS) is 14.2. The molecule has 0 bridgehead atoms. The van der Waals surface area contributed by atoms with Crippen molar-refractivity contribution in [2.75, 3.05) is 25.1 Å². The monoisotopic (exact) mass is 416 g/mol. The first-order valence-electron chi connectivity index (χ1n) is 9.41. The average Bonchev–Trinajstić information content (AvgIpc) is 2.95. The van der Waals surface area contributed by atoms with Gasteiger partial charge in [0.2, 0.25) is 0 Å². The van der Waals surface area contributed by atoms with Crippen molar-refractivity contribution in [2.24, 2.45) is 0 Å². The van der Waals surface area contributed by atoms with Gasteiger partial charge in [-0.3, -0.25) is 9.59 Å². The summed E-state index contributed by atoms with van der Waals surface area (Å²) >= 11 is 0. The zero-order valence-electron chi connectivity index (χ0n) is 16.9. The number of halogens is 2. The molecule has 2 aromatic carbocycles. The number of nitrogens with zero attached hydrogens (tertiary/aromatic N) is 2. The third-order valence-corrected chi connectivity index (χ3v) is 4.55. The zero-order valence-corrected chi connectivity index (χ0v) is 16.9. The molecule has 2 amide bonds. The summed E-state index contributed by atoms with van der Waals surface area (Å²) < 4.78 is 32.7. The summed E-state index contributed by atoms with van der Waals surface area (Å²) in [7, 11) is 1.57. The lowest BCUT2D eigenvalue weighted by Crippen LogP contribution is -2.35. The molecule has 0 fully saturated rings. The number of ether oxygens (including phenoxy) is 1. The first-order valence-corrected chi connectivity index (χ1v) is 9.41. The van der Waals surface area contributed by atoms with Crippen LogP contribution in [-0.4, -0.2) is 48.1 Å². The Labute approximate surface area is 173 Å². The Kier molecular flexibility index (Phi) is 6.17. The molecule has 0 aromatic heterocycles. The van der Waals surface area contributed by atoms with E-state index in [0.717, 1.165) is 17.0 Å². The molecule has 0 saturated heterocycles. The molecule has 2 aromatic rings. The standard InChI is InChI=1S/C22H22F2N2O4/c1-13(2)30-16-7-4-14(5-8-16)19-20(25(3)10-11-27)22(29)26(21(19)28)15-6-9-17(23)18(24)12-15/h4-9,12-13,27H,10-11H2,1-3H3. The van der Waals surface area contributed by atoms with Gasteiger partial charge in [-0.1, -0.05) is 12.1 Å². The quantitative estimate of drug-likeness (QED) is 0.703. The van der Waals surface area contributed by atoms with Crippen LogP contribution in [0.4, 0.5) is 14.5 Å². The highest BCUT2D eigenvalue weighted by Gasteiger charge is 2.41. The molecule has 0 saturated carbocycles. The number of carbonyl (C=O) groups excluding carboxylic acids is 2. The average molecular weight is 416 g/mol. The molecule has 6 nitrogen and oxygen atoms in total. The van der Waals surface area contributed by atoms with E-state index < -0.39 is 23.4 Å². The van der Waals surface area contributed by atoms with Gasteiger partial charge in [0.25, 0.3) is 11.8 Å². The molecule has 1 heterocycles. The topological polar surface area (TPSA) is 70.1 Å². The van der Waals surface area contributed by atoms with Crippen molar-refractivity contribution in [1.29, 1.82) is 0 Å². The van der Waals surface area contributed by atoms with Gasteiger partial charge in [0.15, 0.2) is 11.6 Å². The Morgan fingerprint density at radius 3 is 2.27 bits per heavy atom. The van der Waals surface area contributed by atoms with Gasteiger partial charge >= 0.3 is 0 Å². The fraction of sp³-hybridized carbons (Fsp3) is 0.273. The summed E-state index contributed by atoms with van der Waals surface area (Å²) in [6.07, 6.45) is -0.0279. The number of carbonyl (C=O) groups is 2. The minimum absolute atomic E-state index is 0.0279. The molecule has 0 aliphatic carbocycles. The summed E-state index contributed by atoms with van der Waals surface area (Å²) in [5, 5.41) is 9.29. The van der Waals surface area contributed by atoms with E-state index in [1.165, 1.54) is 11.0 Å². The molecule has 8 heteroatoms. The molecular weight excluding hydrogens is 394 g/mol. The predicted molar refractivity (Wildman–Crippen MR) is 108 cm³/mol. The lowest BCUT2D eigenvalue weighted by molar-refractivity contribution is -0.120. The number of likely N-dealkylation sites (N-methyl/N-ethyl adjacent to an activating group) is 1. The summed E-state index contributed by atoms with van der Waals surface area (Å²) in [5.74, 6) is -2.98. The van der Waals surface area contributed by atoms with Crippen LogP contribution in [-0.2, 0) is 9.59 Å². The highest BCUT2D eigenvalue weighted by molar-refractivity contribution is 6.45. The molecule has 0 atom stereocenters. The van der Waals surface area contributed by atoms with Crippen LogP contribution in [0.25, 0.3) is 5.57 Å². The number of aliphatic hydroxyl groups excluding tert-OH is 1. The molecular formula is C22H22F2N2O4. The lowest BCUT2D eigenvalue weighted by Gasteiger charge is -2.20. The van der Waals surface area contributed by atoms with Gasteiger partial charge in [-0.15, -0.1) is 0 Å². The summed E-state index contributed by atoms with van der Waals surface area (Å²) in [5.41, 5.74) is 0.566. The Morgan fingerprint density at radius 2 is 1.70 bits per heavy atom. The van der Waals surface area contributed by atoms with Crippen LogP contribution < -0.4 is 9.64 Å². The van der Waals surface area contributed by atoms with Gasteiger partial charge in [-0.05, 0) is 43.7 Å². The third-order valence-electron chi connectivity index (χ3n) is 4.55. The van der Waals surface area contributed by atoms with Gasteiger partial charge in [-0.2, -0.15) is 0 Å². The van der Waals surface area contributed by atoms with Crippen LogP contribution in [0.2, 0.25) is 0 Å². The number of anilines is 1. The van der Waals surface area contributed by atoms with E-state index in [-0.39, 0.29) is 36.2 Å². The molecule has 0 unspecified atom stereocenters. The van der Waals surface area contributed by atoms with Crippen molar-refractivity contribution in [3.8, 4) is 5.75 Å². The van der Waals surface area contributed by atoms with E-state index in [0.29, 0.717) is 11.3 Å². The van der Waals surface area contributed by atoms with Crippen LogP contribution >= 0.6 is 0 Å². The second-order valence-electron chi connectivity index (χ2n) is 7.10.